The first-order valence-electron chi connectivity index (χ1n) is 5.44. The van der Waals surface area contributed by atoms with Crippen LogP contribution in [0.25, 0.3) is 11.3 Å². The number of hydrogen-bond donors (Lipinski definition) is 1. The number of nitrogens with zero attached hydrogens (tertiary/aromatic N) is 2. The van der Waals surface area contributed by atoms with Crippen LogP contribution < -0.4 is 15.4 Å². The summed E-state index contributed by atoms with van der Waals surface area (Å²) >= 11 is 0. The van der Waals surface area contributed by atoms with E-state index in [4.69, 9.17) is 15.0 Å². The Morgan fingerprint density at radius 1 is 1.35 bits per heavy atom. The number of ether oxygens (including phenoxy) is 1. The van der Waals surface area contributed by atoms with E-state index in [2.05, 4.69) is 10.1 Å². The second-order valence-electron chi connectivity index (χ2n) is 4.07. The van der Waals surface area contributed by atoms with Crippen molar-refractivity contribution in [3.05, 3.63) is 24.3 Å². The van der Waals surface area contributed by atoms with Gasteiger partial charge in [0.1, 0.15) is 12.4 Å². The van der Waals surface area contributed by atoms with Crippen molar-refractivity contribution in [2.24, 2.45) is 0 Å². The average Bonchev–Trinajstić information content (AvgIpc) is 2.76. The van der Waals surface area contributed by atoms with Crippen LogP contribution in [-0.4, -0.2) is 25.4 Å². The lowest BCUT2D eigenvalue weighted by atomic mass is 10.1. The molecule has 0 bridgehead atoms. The Kier molecular flexibility index (Phi) is 2.18. The number of rotatable bonds is 1. The zero-order valence-corrected chi connectivity index (χ0v) is 9.51. The minimum Gasteiger partial charge on any atom is -0.490 e. The number of likely N-dealkylation sites (N-methyl/N-ethyl adjacent to an activating group) is 1. The molecule has 0 radical (unpaired) electrons. The van der Waals surface area contributed by atoms with Crippen molar-refractivity contribution in [3.63, 3.8) is 0 Å². The fourth-order valence-corrected chi connectivity index (χ4v) is 1.94. The lowest BCUT2D eigenvalue weighted by Gasteiger charge is -2.27. The molecular formula is C12H13N3O2. The van der Waals surface area contributed by atoms with Crippen LogP contribution in [0.5, 0.6) is 5.75 Å². The van der Waals surface area contributed by atoms with Crippen LogP contribution in [-0.2, 0) is 0 Å². The molecule has 1 aliphatic rings. The van der Waals surface area contributed by atoms with Crippen LogP contribution in [0.2, 0.25) is 0 Å². The molecule has 2 heterocycles. The van der Waals surface area contributed by atoms with Crippen LogP contribution in [0.15, 0.2) is 28.8 Å². The highest BCUT2D eigenvalue weighted by Gasteiger charge is 2.16. The minimum absolute atomic E-state index is 0.385. The molecule has 0 spiro atoms. The summed E-state index contributed by atoms with van der Waals surface area (Å²) in [5, 5.41) is 3.67. The molecule has 1 aromatic heterocycles. The Bertz CT molecular complexity index is 550. The fourth-order valence-electron chi connectivity index (χ4n) is 1.94. The number of hydrogen-bond acceptors (Lipinski definition) is 5. The topological polar surface area (TPSA) is 64.5 Å². The molecule has 2 N–H and O–H groups in total. The van der Waals surface area contributed by atoms with Crippen molar-refractivity contribution in [3.8, 4) is 17.1 Å². The van der Waals surface area contributed by atoms with Gasteiger partial charge in [0.2, 0.25) is 0 Å². The van der Waals surface area contributed by atoms with Gasteiger partial charge in [-0.2, -0.15) is 0 Å². The Labute approximate surface area is 98.8 Å². The van der Waals surface area contributed by atoms with Crippen LogP contribution in [0.4, 0.5) is 11.5 Å². The third-order valence-corrected chi connectivity index (χ3v) is 2.87. The standard InChI is InChI=1S/C12H13N3O2/c1-15-4-5-16-11-6-8(2-3-9(11)15)10-7-12(13)14-17-10/h2-3,6-7H,4-5H2,1H3,(H2,13,14). The monoisotopic (exact) mass is 231 g/mol. The van der Waals surface area contributed by atoms with Gasteiger partial charge >= 0.3 is 0 Å². The van der Waals surface area contributed by atoms with E-state index < -0.39 is 0 Å². The van der Waals surface area contributed by atoms with E-state index in [9.17, 15) is 0 Å². The van der Waals surface area contributed by atoms with Crippen LogP contribution >= 0.6 is 0 Å². The molecule has 2 aromatic rings. The molecule has 5 heteroatoms. The molecule has 0 aliphatic carbocycles. The Balaban J connectivity index is 2.03. The smallest absolute Gasteiger partial charge is 0.169 e. The van der Waals surface area contributed by atoms with Gasteiger partial charge in [-0.05, 0) is 18.2 Å². The van der Waals surface area contributed by atoms with E-state index in [0.717, 1.165) is 23.5 Å². The summed E-state index contributed by atoms with van der Waals surface area (Å²) < 4.78 is 10.8. The molecule has 0 fully saturated rings. The Morgan fingerprint density at radius 3 is 3.00 bits per heavy atom. The molecule has 0 amide bonds. The van der Waals surface area contributed by atoms with E-state index in [1.165, 1.54) is 0 Å². The lowest BCUT2D eigenvalue weighted by Crippen LogP contribution is -2.28. The van der Waals surface area contributed by atoms with Crippen molar-refractivity contribution in [2.45, 2.75) is 0 Å². The predicted molar refractivity (Wildman–Crippen MR) is 65.1 cm³/mol. The number of fused-ring (bicyclic) bond motifs is 1. The predicted octanol–water partition coefficient (Wildman–Crippen LogP) is 1.75. The van der Waals surface area contributed by atoms with Gasteiger partial charge < -0.3 is 19.9 Å². The highest BCUT2D eigenvalue weighted by Crippen LogP contribution is 2.35. The molecule has 0 atom stereocenters. The first-order valence-corrected chi connectivity index (χ1v) is 5.44. The van der Waals surface area contributed by atoms with Crippen molar-refractivity contribution in [2.75, 3.05) is 30.8 Å². The molecule has 0 saturated carbocycles. The number of aromatic nitrogens is 1. The summed E-state index contributed by atoms with van der Waals surface area (Å²) in [5.74, 6) is 1.91. The van der Waals surface area contributed by atoms with Crippen molar-refractivity contribution < 1.29 is 9.26 Å². The normalized spacial score (nSPS) is 14.3. The van der Waals surface area contributed by atoms with E-state index in [0.29, 0.717) is 18.2 Å². The first-order chi connectivity index (χ1) is 8.24. The minimum atomic E-state index is 0.385. The highest BCUT2D eigenvalue weighted by molar-refractivity contribution is 5.70. The summed E-state index contributed by atoms with van der Waals surface area (Å²) in [5.41, 5.74) is 7.54. The van der Waals surface area contributed by atoms with Crippen LogP contribution in [0, 0.1) is 0 Å². The molecular weight excluding hydrogens is 218 g/mol. The molecule has 1 aromatic carbocycles. The number of nitrogen functional groups attached to an aromatic ring is 1. The lowest BCUT2D eigenvalue weighted by molar-refractivity contribution is 0.311. The third-order valence-electron chi connectivity index (χ3n) is 2.87. The first kappa shape index (κ1) is 10.0. The molecule has 88 valence electrons. The van der Waals surface area contributed by atoms with E-state index in [-0.39, 0.29) is 0 Å². The number of benzene rings is 1. The molecule has 0 unspecified atom stereocenters. The second-order valence-corrected chi connectivity index (χ2v) is 4.07. The van der Waals surface area contributed by atoms with Gasteiger partial charge in [-0.25, -0.2) is 0 Å². The van der Waals surface area contributed by atoms with Crippen molar-refractivity contribution >= 4 is 11.5 Å². The molecule has 3 rings (SSSR count). The van der Waals surface area contributed by atoms with Crippen molar-refractivity contribution in [1.29, 1.82) is 0 Å². The van der Waals surface area contributed by atoms with E-state index in [1.807, 2.05) is 25.2 Å². The van der Waals surface area contributed by atoms with Gasteiger partial charge in [-0.1, -0.05) is 5.16 Å². The number of nitrogens with two attached hydrogens (primary N) is 1. The molecule has 5 nitrogen and oxygen atoms in total. The van der Waals surface area contributed by atoms with Gasteiger partial charge in [0.25, 0.3) is 0 Å². The fraction of sp³-hybridized carbons (Fsp3) is 0.250. The Morgan fingerprint density at radius 2 is 2.24 bits per heavy atom. The van der Waals surface area contributed by atoms with Crippen molar-refractivity contribution in [1.82, 2.24) is 5.16 Å². The summed E-state index contributed by atoms with van der Waals surface area (Å²) in [4.78, 5) is 2.16. The molecule has 1 aliphatic heterocycles. The maximum atomic E-state index is 5.63. The third kappa shape index (κ3) is 1.69. The van der Waals surface area contributed by atoms with Gasteiger partial charge in [0, 0.05) is 18.7 Å². The zero-order chi connectivity index (χ0) is 11.8. The maximum absolute atomic E-state index is 5.63. The summed E-state index contributed by atoms with van der Waals surface area (Å²) in [6.45, 7) is 1.60. The van der Waals surface area contributed by atoms with Crippen LogP contribution in [0.3, 0.4) is 0 Å². The summed E-state index contributed by atoms with van der Waals surface area (Å²) in [6.07, 6.45) is 0. The second kappa shape index (κ2) is 3.69. The maximum Gasteiger partial charge on any atom is 0.169 e. The van der Waals surface area contributed by atoms with Crippen LogP contribution in [0.1, 0.15) is 0 Å². The SMILES string of the molecule is CN1CCOc2cc(-c3cc(N)no3)ccc21. The largest absolute Gasteiger partial charge is 0.490 e. The zero-order valence-electron chi connectivity index (χ0n) is 9.51. The Hall–Kier alpha value is -2.17. The van der Waals surface area contributed by atoms with Gasteiger partial charge in [-0.3, -0.25) is 0 Å². The summed E-state index contributed by atoms with van der Waals surface area (Å²) in [7, 11) is 2.05. The highest BCUT2D eigenvalue weighted by atomic mass is 16.5. The van der Waals surface area contributed by atoms with Gasteiger partial charge in [0.15, 0.2) is 11.6 Å². The number of anilines is 2. The average molecular weight is 231 g/mol. The van der Waals surface area contributed by atoms with Gasteiger partial charge in [0.05, 0.1) is 12.2 Å². The molecule has 17 heavy (non-hydrogen) atoms. The summed E-state index contributed by atoms with van der Waals surface area (Å²) in [6, 6.07) is 7.64. The van der Waals surface area contributed by atoms with E-state index in [1.54, 1.807) is 6.07 Å². The van der Waals surface area contributed by atoms with Gasteiger partial charge in [-0.15, -0.1) is 0 Å². The van der Waals surface area contributed by atoms with E-state index >= 15 is 0 Å². The molecule has 0 saturated heterocycles. The quantitative estimate of drug-likeness (QED) is 0.810.